The number of allylic oxidation sites excluding steroid dienone is 2. The Morgan fingerprint density at radius 2 is 1.88 bits per heavy atom. The molecule has 0 saturated heterocycles. The lowest BCUT2D eigenvalue weighted by molar-refractivity contribution is 0.417. The Kier molecular flexibility index (Phi) is 5.85. The molecule has 3 atom stereocenters. The molecule has 1 aromatic carbocycles. The fraction of sp³-hybridized carbons (Fsp3) is 0.522. The first kappa shape index (κ1) is 18.7. The number of hydrogen-bond acceptors (Lipinski definition) is 1. The molecule has 130 valence electrons. The smallest absolute Gasteiger partial charge is 0.0701 e. The normalized spacial score (nSPS) is 27.6. The first-order valence-corrected chi connectivity index (χ1v) is 9.41. The number of rotatable bonds is 9. The topological polar surface area (TPSA) is 12.4 Å². The number of aliphatic imine (C=N–C) groups is 1. The van der Waals surface area contributed by atoms with Crippen molar-refractivity contribution in [2.24, 2.45) is 16.3 Å². The fourth-order valence-electron chi connectivity index (χ4n) is 4.19. The van der Waals surface area contributed by atoms with Crippen LogP contribution in [0.15, 0.2) is 53.6 Å². The predicted octanol–water partition coefficient (Wildman–Crippen LogP) is 6.71. The highest BCUT2D eigenvalue weighted by Crippen LogP contribution is 2.68. The second-order valence-electron chi connectivity index (χ2n) is 7.43. The van der Waals surface area contributed by atoms with Gasteiger partial charge in [0.05, 0.1) is 5.54 Å². The van der Waals surface area contributed by atoms with E-state index in [9.17, 15) is 0 Å². The molecule has 2 rings (SSSR count). The zero-order chi connectivity index (χ0) is 17.8. The van der Waals surface area contributed by atoms with Gasteiger partial charge in [-0.25, -0.2) is 0 Å². The summed E-state index contributed by atoms with van der Waals surface area (Å²) in [7, 11) is 0. The van der Waals surface area contributed by atoms with Crippen LogP contribution in [0.3, 0.4) is 0 Å². The van der Waals surface area contributed by atoms with Gasteiger partial charge in [0.25, 0.3) is 0 Å². The van der Waals surface area contributed by atoms with Crippen LogP contribution in [-0.4, -0.2) is 12.3 Å². The summed E-state index contributed by atoms with van der Waals surface area (Å²) < 4.78 is 0. The highest BCUT2D eigenvalue weighted by atomic mass is 15.0. The van der Waals surface area contributed by atoms with Gasteiger partial charge in [0, 0.05) is 5.41 Å². The van der Waals surface area contributed by atoms with Gasteiger partial charge in [-0.2, -0.15) is 0 Å². The van der Waals surface area contributed by atoms with E-state index in [0.29, 0.717) is 5.92 Å². The molecule has 1 fully saturated rings. The quantitative estimate of drug-likeness (QED) is 0.353. The summed E-state index contributed by atoms with van der Waals surface area (Å²) in [6, 6.07) is 10.5. The van der Waals surface area contributed by atoms with E-state index in [4.69, 9.17) is 0 Å². The first-order chi connectivity index (χ1) is 11.5. The molecular weight excluding hydrogens is 290 g/mol. The van der Waals surface area contributed by atoms with E-state index in [2.05, 4.69) is 82.4 Å². The monoisotopic (exact) mass is 323 g/mol. The molecule has 1 heteroatoms. The number of hydrogen-bond donors (Lipinski definition) is 0. The van der Waals surface area contributed by atoms with Gasteiger partial charge in [-0.05, 0) is 49.5 Å². The zero-order valence-electron chi connectivity index (χ0n) is 15.9. The summed E-state index contributed by atoms with van der Waals surface area (Å²) in [6.45, 7) is 17.5. The molecule has 0 aliphatic heterocycles. The van der Waals surface area contributed by atoms with Crippen molar-refractivity contribution < 1.29 is 0 Å². The van der Waals surface area contributed by atoms with Crippen molar-refractivity contribution in [3.8, 4) is 0 Å². The summed E-state index contributed by atoms with van der Waals surface area (Å²) in [5.41, 5.74) is 4.08. The molecule has 1 aromatic rings. The molecule has 1 aliphatic carbocycles. The molecular formula is C23H33N. The van der Waals surface area contributed by atoms with Crippen LogP contribution in [0.2, 0.25) is 0 Å². The molecule has 3 unspecified atom stereocenters. The minimum Gasteiger partial charge on any atom is -0.293 e. The van der Waals surface area contributed by atoms with E-state index in [1.165, 1.54) is 17.6 Å². The van der Waals surface area contributed by atoms with E-state index in [0.717, 1.165) is 31.3 Å². The SMILES string of the molecule is C=NC1(CC)CC1(CC)/C(=C/C(=C)c1ccccc1)CC(C)CC. The second kappa shape index (κ2) is 7.51. The first-order valence-electron chi connectivity index (χ1n) is 9.41. The van der Waals surface area contributed by atoms with Crippen molar-refractivity contribution in [3.63, 3.8) is 0 Å². The fourth-order valence-corrected chi connectivity index (χ4v) is 4.19. The van der Waals surface area contributed by atoms with Gasteiger partial charge in [0.2, 0.25) is 0 Å². The van der Waals surface area contributed by atoms with E-state index in [1.807, 2.05) is 0 Å². The lowest BCUT2D eigenvalue weighted by Gasteiger charge is -2.26. The maximum absolute atomic E-state index is 4.59. The van der Waals surface area contributed by atoms with E-state index in [-0.39, 0.29) is 11.0 Å². The zero-order valence-corrected chi connectivity index (χ0v) is 15.9. The maximum Gasteiger partial charge on any atom is 0.0701 e. The molecule has 0 radical (unpaired) electrons. The van der Waals surface area contributed by atoms with Crippen LogP contribution in [0, 0.1) is 11.3 Å². The molecule has 24 heavy (non-hydrogen) atoms. The van der Waals surface area contributed by atoms with Gasteiger partial charge < -0.3 is 0 Å². The van der Waals surface area contributed by atoms with Crippen LogP contribution in [0.4, 0.5) is 0 Å². The summed E-state index contributed by atoms with van der Waals surface area (Å²) in [6.07, 6.45) is 8.03. The highest BCUT2D eigenvalue weighted by Gasteiger charge is 2.66. The van der Waals surface area contributed by atoms with Crippen molar-refractivity contribution in [1.82, 2.24) is 0 Å². The molecule has 0 amide bonds. The van der Waals surface area contributed by atoms with Crippen LogP contribution in [-0.2, 0) is 0 Å². The number of benzene rings is 1. The van der Waals surface area contributed by atoms with Crippen molar-refractivity contribution in [1.29, 1.82) is 0 Å². The molecule has 0 N–H and O–H groups in total. The van der Waals surface area contributed by atoms with Gasteiger partial charge in [-0.15, -0.1) is 0 Å². The average molecular weight is 324 g/mol. The van der Waals surface area contributed by atoms with Gasteiger partial charge in [0.15, 0.2) is 0 Å². The second-order valence-corrected chi connectivity index (χ2v) is 7.43. The van der Waals surface area contributed by atoms with E-state index in [1.54, 1.807) is 0 Å². The molecule has 1 nitrogen and oxygen atoms in total. The van der Waals surface area contributed by atoms with Gasteiger partial charge in [-0.3, -0.25) is 4.99 Å². The van der Waals surface area contributed by atoms with Crippen LogP contribution in [0.1, 0.15) is 65.4 Å². The van der Waals surface area contributed by atoms with Crippen molar-refractivity contribution in [2.75, 3.05) is 0 Å². The molecule has 0 bridgehead atoms. The maximum atomic E-state index is 4.59. The van der Waals surface area contributed by atoms with Crippen molar-refractivity contribution >= 4 is 12.3 Å². The average Bonchev–Trinajstić information content (AvgIpc) is 3.31. The Balaban J connectivity index is 2.40. The van der Waals surface area contributed by atoms with Crippen LogP contribution in [0.5, 0.6) is 0 Å². The molecule has 0 aromatic heterocycles. The predicted molar refractivity (Wildman–Crippen MR) is 108 cm³/mol. The Labute approximate surface area is 148 Å². The summed E-state index contributed by atoms with van der Waals surface area (Å²) >= 11 is 0. The molecule has 1 saturated carbocycles. The summed E-state index contributed by atoms with van der Waals surface area (Å²) in [4.78, 5) is 4.59. The van der Waals surface area contributed by atoms with Crippen LogP contribution in [0.25, 0.3) is 5.57 Å². The molecule has 0 heterocycles. The van der Waals surface area contributed by atoms with Gasteiger partial charge in [-0.1, -0.05) is 82.7 Å². The third kappa shape index (κ3) is 3.27. The molecule has 1 aliphatic rings. The third-order valence-corrected chi connectivity index (χ3v) is 6.22. The van der Waals surface area contributed by atoms with Crippen molar-refractivity contribution in [3.05, 3.63) is 54.1 Å². The van der Waals surface area contributed by atoms with Gasteiger partial charge >= 0.3 is 0 Å². The third-order valence-electron chi connectivity index (χ3n) is 6.22. The summed E-state index contributed by atoms with van der Waals surface area (Å²) in [5.74, 6) is 0.684. The lowest BCUT2D eigenvalue weighted by atomic mass is 9.80. The Bertz CT molecular complexity index is 612. The van der Waals surface area contributed by atoms with Crippen molar-refractivity contribution in [2.45, 2.75) is 65.3 Å². The minimum absolute atomic E-state index is 0.0397. The number of nitrogens with zero attached hydrogens (tertiary/aromatic N) is 1. The standard InChI is InChI=1S/C23H33N/c1-7-18(4)15-21(16-19(5)20-13-11-10-12-14-20)22(8-2)17-23(22,9-3)24-6/h10-14,16,18H,5-9,15,17H2,1-4H3/b21-16+. The Hall–Kier alpha value is -1.63. The van der Waals surface area contributed by atoms with Crippen LogP contribution < -0.4 is 0 Å². The lowest BCUT2D eigenvalue weighted by Crippen LogP contribution is -2.20. The largest absolute Gasteiger partial charge is 0.293 e. The van der Waals surface area contributed by atoms with Crippen LogP contribution >= 0.6 is 0 Å². The van der Waals surface area contributed by atoms with Gasteiger partial charge in [0.1, 0.15) is 0 Å². The Morgan fingerprint density at radius 1 is 1.21 bits per heavy atom. The summed E-state index contributed by atoms with van der Waals surface area (Å²) in [5, 5.41) is 0. The Morgan fingerprint density at radius 3 is 2.33 bits per heavy atom. The molecule has 0 spiro atoms. The highest BCUT2D eigenvalue weighted by molar-refractivity contribution is 5.73. The minimum atomic E-state index is 0.0397. The van der Waals surface area contributed by atoms with E-state index < -0.39 is 0 Å². The van der Waals surface area contributed by atoms with E-state index >= 15 is 0 Å².